The molecule has 4 nitrogen and oxygen atoms in total. The van der Waals surface area contributed by atoms with E-state index in [0.29, 0.717) is 12.6 Å². The normalized spacial score (nSPS) is 24.1. The molecule has 0 spiro atoms. The lowest BCUT2D eigenvalue weighted by atomic mass is 9.88. The molecule has 27 heavy (non-hydrogen) atoms. The molecule has 1 aliphatic carbocycles. The van der Waals surface area contributed by atoms with Crippen LogP contribution in [0.1, 0.15) is 42.5 Å². The maximum atomic E-state index is 13.4. The third-order valence-corrected chi connectivity index (χ3v) is 5.56. The van der Waals surface area contributed by atoms with Gasteiger partial charge in [-0.2, -0.15) is 0 Å². The Morgan fingerprint density at radius 1 is 1.19 bits per heavy atom. The maximum absolute atomic E-state index is 13.4. The number of nitrogens with one attached hydrogen (secondary N) is 1. The number of fused-ring (bicyclic) bond motifs is 1. The summed E-state index contributed by atoms with van der Waals surface area (Å²) in [6.07, 6.45) is 2.23. The van der Waals surface area contributed by atoms with Crippen molar-refractivity contribution < 1.29 is 13.9 Å². The molecule has 2 aromatic rings. The first kappa shape index (κ1) is 18.0. The predicted molar refractivity (Wildman–Crippen MR) is 102 cm³/mol. The van der Waals surface area contributed by atoms with Crippen molar-refractivity contribution in [2.45, 2.75) is 44.4 Å². The van der Waals surface area contributed by atoms with Crippen molar-refractivity contribution >= 4 is 6.09 Å². The number of rotatable bonds is 4. The average Bonchev–Trinajstić information content (AvgIpc) is 2.66. The largest absolute Gasteiger partial charge is 0.446 e. The van der Waals surface area contributed by atoms with Gasteiger partial charge in [-0.25, -0.2) is 9.18 Å². The van der Waals surface area contributed by atoms with E-state index in [1.165, 1.54) is 17.7 Å². The minimum Gasteiger partial charge on any atom is -0.446 e. The van der Waals surface area contributed by atoms with Gasteiger partial charge in [0.2, 0.25) is 0 Å². The zero-order valence-corrected chi connectivity index (χ0v) is 15.5. The lowest BCUT2D eigenvalue weighted by Crippen LogP contribution is -2.49. The second-order valence-corrected chi connectivity index (χ2v) is 7.33. The van der Waals surface area contributed by atoms with E-state index in [1.54, 1.807) is 17.0 Å². The summed E-state index contributed by atoms with van der Waals surface area (Å²) < 4.78 is 19.2. The molecule has 142 valence electrons. The number of carbonyl (C=O) groups excluding carboxylic acids is 1. The Hall–Kier alpha value is -2.40. The van der Waals surface area contributed by atoms with Crippen molar-refractivity contribution in [1.29, 1.82) is 0 Å². The van der Waals surface area contributed by atoms with Gasteiger partial charge in [0, 0.05) is 12.6 Å². The molecule has 1 amide bonds. The monoisotopic (exact) mass is 368 g/mol. The summed E-state index contributed by atoms with van der Waals surface area (Å²) in [6.45, 7) is 3.61. The average molecular weight is 368 g/mol. The van der Waals surface area contributed by atoms with Crippen molar-refractivity contribution in [1.82, 2.24) is 10.2 Å². The molecular weight excluding hydrogens is 343 g/mol. The van der Waals surface area contributed by atoms with Crippen LogP contribution in [0.25, 0.3) is 0 Å². The van der Waals surface area contributed by atoms with Gasteiger partial charge in [-0.15, -0.1) is 0 Å². The van der Waals surface area contributed by atoms with Crippen LogP contribution in [0.15, 0.2) is 48.5 Å². The van der Waals surface area contributed by atoms with Gasteiger partial charge in [0.25, 0.3) is 0 Å². The summed E-state index contributed by atoms with van der Waals surface area (Å²) in [7, 11) is 0. The minimum absolute atomic E-state index is 0.0208. The molecule has 2 aliphatic rings. The molecule has 1 N–H and O–H groups in total. The molecule has 1 fully saturated rings. The topological polar surface area (TPSA) is 41.6 Å². The number of hydrogen-bond donors (Lipinski definition) is 1. The van der Waals surface area contributed by atoms with Gasteiger partial charge in [0.15, 0.2) is 0 Å². The molecule has 1 heterocycles. The van der Waals surface area contributed by atoms with Crippen LogP contribution in [0.3, 0.4) is 0 Å². The van der Waals surface area contributed by atoms with Crippen LogP contribution in [0.2, 0.25) is 0 Å². The number of carbonyl (C=O) groups is 1. The maximum Gasteiger partial charge on any atom is 0.410 e. The van der Waals surface area contributed by atoms with E-state index in [0.717, 1.165) is 36.9 Å². The first-order chi connectivity index (χ1) is 13.2. The van der Waals surface area contributed by atoms with Crippen molar-refractivity contribution in [3.05, 3.63) is 71.0 Å². The summed E-state index contributed by atoms with van der Waals surface area (Å²) in [5, 5.41) is 3.38. The summed E-state index contributed by atoms with van der Waals surface area (Å²) in [5.74, 6) is -0.277. The SMILES string of the molecule is CCN[C@H]1C[C@@H](OC(=O)N2CCc3ccccc3[C@@H]2c2ccc(F)cc2)C1. The number of benzene rings is 2. The highest BCUT2D eigenvalue weighted by Gasteiger charge is 2.37. The Kier molecular flexibility index (Phi) is 5.12. The number of amides is 1. The highest BCUT2D eigenvalue weighted by Crippen LogP contribution is 2.36. The van der Waals surface area contributed by atoms with E-state index < -0.39 is 0 Å². The van der Waals surface area contributed by atoms with Crippen LogP contribution in [0, 0.1) is 5.82 Å². The highest BCUT2D eigenvalue weighted by atomic mass is 19.1. The number of hydrogen-bond acceptors (Lipinski definition) is 3. The Bertz CT molecular complexity index is 802. The van der Waals surface area contributed by atoms with Crippen LogP contribution in [-0.2, 0) is 11.2 Å². The first-order valence-corrected chi connectivity index (χ1v) is 9.69. The van der Waals surface area contributed by atoms with Gasteiger partial charge < -0.3 is 10.1 Å². The second kappa shape index (κ2) is 7.69. The molecular formula is C22H25FN2O2. The van der Waals surface area contributed by atoms with Crippen LogP contribution < -0.4 is 5.32 Å². The van der Waals surface area contributed by atoms with E-state index in [2.05, 4.69) is 18.3 Å². The minimum atomic E-state index is -0.279. The molecule has 2 aromatic carbocycles. The quantitative estimate of drug-likeness (QED) is 0.885. The first-order valence-electron chi connectivity index (χ1n) is 9.69. The Morgan fingerprint density at radius 3 is 2.67 bits per heavy atom. The molecule has 1 atom stereocenters. The molecule has 5 heteroatoms. The van der Waals surface area contributed by atoms with Crippen LogP contribution in [0.5, 0.6) is 0 Å². The molecule has 4 rings (SSSR count). The fourth-order valence-electron chi connectivity index (χ4n) is 4.10. The molecule has 0 unspecified atom stereocenters. The summed E-state index contributed by atoms with van der Waals surface area (Å²) in [4.78, 5) is 14.7. The lowest BCUT2D eigenvalue weighted by Gasteiger charge is -2.40. The molecule has 0 bridgehead atoms. The third-order valence-electron chi connectivity index (χ3n) is 5.56. The summed E-state index contributed by atoms with van der Waals surface area (Å²) in [5.41, 5.74) is 3.22. The zero-order valence-electron chi connectivity index (χ0n) is 15.5. The lowest BCUT2D eigenvalue weighted by molar-refractivity contribution is 0.00546. The van der Waals surface area contributed by atoms with E-state index in [1.807, 2.05) is 18.2 Å². The molecule has 1 saturated carbocycles. The fraction of sp³-hybridized carbons (Fsp3) is 0.409. The zero-order chi connectivity index (χ0) is 18.8. The van der Waals surface area contributed by atoms with Gasteiger partial charge >= 0.3 is 6.09 Å². The van der Waals surface area contributed by atoms with Crippen molar-refractivity contribution in [2.75, 3.05) is 13.1 Å². The second-order valence-electron chi connectivity index (χ2n) is 7.33. The van der Waals surface area contributed by atoms with Gasteiger partial charge in [-0.3, -0.25) is 4.90 Å². The van der Waals surface area contributed by atoms with Crippen LogP contribution in [-0.4, -0.2) is 36.2 Å². The molecule has 0 radical (unpaired) electrons. The van der Waals surface area contributed by atoms with Crippen LogP contribution >= 0.6 is 0 Å². The standard InChI is InChI=1S/C22H25FN2O2/c1-2-24-18-13-19(14-18)27-22(26)25-12-11-15-5-3-4-6-20(15)21(25)16-7-9-17(23)10-8-16/h3-10,18-19,21,24H,2,11-14H2,1H3/t18-,19+,21-/m0/s1. The van der Waals surface area contributed by atoms with Gasteiger partial charge in [0.1, 0.15) is 11.9 Å². The van der Waals surface area contributed by atoms with Crippen molar-refractivity contribution in [3.63, 3.8) is 0 Å². The number of ether oxygens (including phenoxy) is 1. The van der Waals surface area contributed by atoms with E-state index in [4.69, 9.17) is 4.74 Å². The Labute approximate surface area is 159 Å². The number of halogens is 1. The molecule has 0 aromatic heterocycles. The molecule has 0 saturated heterocycles. The number of nitrogens with zero attached hydrogens (tertiary/aromatic N) is 1. The summed E-state index contributed by atoms with van der Waals surface area (Å²) >= 11 is 0. The van der Waals surface area contributed by atoms with Gasteiger partial charge in [-0.1, -0.05) is 43.3 Å². The van der Waals surface area contributed by atoms with E-state index in [-0.39, 0.29) is 24.1 Å². The van der Waals surface area contributed by atoms with Gasteiger partial charge in [0.05, 0.1) is 6.04 Å². The predicted octanol–water partition coefficient (Wildman–Crippen LogP) is 4.05. The smallest absolute Gasteiger partial charge is 0.410 e. The highest BCUT2D eigenvalue weighted by molar-refractivity contribution is 5.70. The van der Waals surface area contributed by atoms with Gasteiger partial charge in [-0.05, 0) is 54.6 Å². The Balaban J connectivity index is 1.55. The van der Waals surface area contributed by atoms with Crippen molar-refractivity contribution in [3.8, 4) is 0 Å². The fourth-order valence-corrected chi connectivity index (χ4v) is 4.10. The third kappa shape index (κ3) is 3.69. The van der Waals surface area contributed by atoms with E-state index in [9.17, 15) is 9.18 Å². The molecule has 1 aliphatic heterocycles. The van der Waals surface area contributed by atoms with Crippen LogP contribution in [0.4, 0.5) is 9.18 Å². The van der Waals surface area contributed by atoms with E-state index >= 15 is 0 Å². The summed E-state index contributed by atoms with van der Waals surface area (Å²) in [6, 6.07) is 14.8. The Morgan fingerprint density at radius 2 is 1.93 bits per heavy atom. The van der Waals surface area contributed by atoms with Crippen molar-refractivity contribution in [2.24, 2.45) is 0 Å².